The molecule has 1 atom stereocenters. The molecule has 0 aliphatic heterocycles. The lowest BCUT2D eigenvalue weighted by Crippen LogP contribution is -2.51. The number of nitrogens with one attached hydrogen (secondary N) is 2. The van der Waals surface area contributed by atoms with Gasteiger partial charge in [0.05, 0.1) is 12.5 Å². The van der Waals surface area contributed by atoms with Gasteiger partial charge in [0.1, 0.15) is 5.82 Å². The smallest absolute Gasteiger partial charge is 0.318 e. The lowest BCUT2D eigenvalue weighted by atomic mass is 10.1. The summed E-state index contributed by atoms with van der Waals surface area (Å²) in [6, 6.07) is -0.574. The first-order valence-electron chi connectivity index (χ1n) is 6.51. The highest BCUT2D eigenvalue weighted by Crippen LogP contribution is 2.15. The zero-order chi connectivity index (χ0) is 15.3. The van der Waals surface area contributed by atoms with Gasteiger partial charge in [0.2, 0.25) is 0 Å². The number of rotatable bonds is 5. The molecule has 0 aliphatic carbocycles. The first-order valence-corrected chi connectivity index (χ1v) is 6.51. The number of urea groups is 1. The van der Waals surface area contributed by atoms with Crippen molar-refractivity contribution in [3.05, 3.63) is 18.2 Å². The highest BCUT2D eigenvalue weighted by atomic mass is 16.4. The third kappa shape index (κ3) is 4.56. The van der Waals surface area contributed by atoms with Gasteiger partial charge in [-0.3, -0.25) is 4.79 Å². The summed E-state index contributed by atoms with van der Waals surface area (Å²) in [5, 5.41) is 11.6. The highest BCUT2D eigenvalue weighted by molar-refractivity contribution is 5.76. The predicted molar refractivity (Wildman–Crippen MR) is 74.2 cm³/mol. The van der Waals surface area contributed by atoms with Crippen molar-refractivity contribution >= 4 is 12.0 Å². The monoisotopic (exact) mass is 282 g/mol. The van der Waals surface area contributed by atoms with E-state index in [0.29, 0.717) is 5.82 Å². The van der Waals surface area contributed by atoms with Crippen LogP contribution in [0.5, 0.6) is 0 Å². The second-order valence-electron chi connectivity index (χ2n) is 5.61. The summed E-state index contributed by atoms with van der Waals surface area (Å²) in [6.07, 6.45) is 3.22. The Morgan fingerprint density at radius 2 is 2.15 bits per heavy atom. The van der Waals surface area contributed by atoms with Crippen LogP contribution in [0.1, 0.15) is 46.0 Å². The number of nitrogens with zero attached hydrogens (tertiary/aromatic N) is 2. The van der Waals surface area contributed by atoms with E-state index in [-0.39, 0.29) is 25.0 Å². The van der Waals surface area contributed by atoms with Crippen LogP contribution in [0.4, 0.5) is 4.79 Å². The average Bonchev–Trinajstić information content (AvgIpc) is 2.79. The molecule has 0 spiro atoms. The van der Waals surface area contributed by atoms with Crippen molar-refractivity contribution in [1.82, 2.24) is 20.2 Å². The lowest BCUT2D eigenvalue weighted by molar-refractivity contribution is -0.137. The molecule has 3 N–H and O–H groups in total. The molecule has 7 heteroatoms. The minimum atomic E-state index is -0.925. The highest BCUT2D eigenvalue weighted by Gasteiger charge is 2.28. The van der Waals surface area contributed by atoms with Crippen LogP contribution in [-0.2, 0) is 4.79 Å². The Morgan fingerprint density at radius 1 is 1.50 bits per heavy atom. The van der Waals surface area contributed by atoms with Gasteiger partial charge >= 0.3 is 12.0 Å². The summed E-state index contributed by atoms with van der Waals surface area (Å²) in [7, 11) is 0. The summed E-state index contributed by atoms with van der Waals surface area (Å²) in [5.74, 6) is -0.267. The second-order valence-corrected chi connectivity index (χ2v) is 5.61. The van der Waals surface area contributed by atoms with Gasteiger partial charge in [-0.25, -0.2) is 9.78 Å². The Bertz CT molecular complexity index is 451. The molecule has 1 aromatic heterocycles. The molecule has 0 saturated heterocycles. The van der Waals surface area contributed by atoms with Crippen molar-refractivity contribution in [2.75, 3.05) is 6.54 Å². The van der Waals surface area contributed by atoms with Crippen LogP contribution < -0.4 is 5.32 Å². The first kappa shape index (κ1) is 16.0. The van der Waals surface area contributed by atoms with Crippen LogP contribution in [-0.4, -0.2) is 44.1 Å². The number of H-pyrrole nitrogens is 1. The van der Waals surface area contributed by atoms with Crippen molar-refractivity contribution in [2.45, 2.75) is 45.7 Å². The third-order valence-electron chi connectivity index (χ3n) is 2.87. The third-order valence-corrected chi connectivity index (χ3v) is 2.87. The summed E-state index contributed by atoms with van der Waals surface area (Å²) >= 11 is 0. The Hall–Kier alpha value is -2.05. The second kappa shape index (κ2) is 6.40. The molecule has 1 aromatic rings. The fourth-order valence-corrected chi connectivity index (χ4v) is 1.79. The van der Waals surface area contributed by atoms with Crippen LogP contribution in [0, 0.1) is 0 Å². The molecule has 20 heavy (non-hydrogen) atoms. The largest absolute Gasteiger partial charge is 0.481 e. The van der Waals surface area contributed by atoms with Gasteiger partial charge < -0.3 is 20.3 Å². The van der Waals surface area contributed by atoms with E-state index in [1.165, 1.54) is 4.90 Å². The van der Waals surface area contributed by atoms with Gasteiger partial charge in [-0.15, -0.1) is 0 Å². The van der Waals surface area contributed by atoms with Crippen LogP contribution in [0.3, 0.4) is 0 Å². The minimum Gasteiger partial charge on any atom is -0.481 e. The van der Waals surface area contributed by atoms with Crippen molar-refractivity contribution in [3.8, 4) is 0 Å². The van der Waals surface area contributed by atoms with E-state index in [2.05, 4.69) is 15.3 Å². The Morgan fingerprint density at radius 3 is 2.60 bits per heavy atom. The molecule has 1 heterocycles. The molecule has 1 rings (SSSR count). The number of aromatic nitrogens is 2. The van der Waals surface area contributed by atoms with E-state index in [4.69, 9.17) is 5.11 Å². The van der Waals surface area contributed by atoms with E-state index in [0.717, 1.165) is 0 Å². The fourth-order valence-electron chi connectivity index (χ4n) is 1.79. The Labute approximate surface area is 118 Å². The van der Waals surface area contributed by atoms with Crippen molar-refractivity contribution in [3.63, 3.8) is 0 Å². The van der Waals surface area contributed by atoms with Gasteiger partial charge in [0, 0.05) is 24.5 Å². The normalized spacial score (nSPS) is 12.8. The van der Waals surface area contributed by atoms with E-state index in [9.17, 15) is 9.59 Å². The number of imidazole rings is 1. The summed E-state index contributed by atoms with van der Waals surface area (Å²) in [6.45, 7) is 7.58. The van der Waals surface area contributed by atoms with Gasteiger partial charge in [-0.1, -0.05) is 0 Å². The zero-order valence-electron chi connectivity index (χ0n) is 12.3. The minimum absolute atomic E-state index is 0.0835. The molecular weight excluding hydrogens is 260 g/mol. The van der Waals surface area contributed by atoms with Crippen LogP contribution in [0.15, 0.2) is 12.4 Å². The molecular formula is C13H22N4O3. The summed E-state index contributed by atoms with van der Waals surface area (Å²) in [5.41, 5.74) is -0.456. The van der Waals surface area contributed by atoms with Crippen LogP contribution in [0.25, 0.3) is 0 Å². The van der Waals surface area contributed by atoms with Crippen LogP contribution in [0.2, 0.25) is 0 Å². The van der Waals surface area contributed by atoms with Crippen molar-refractivity contribution in [1.29, 1.82) is 0 Å². The fraction of sp³-hybridized carbons (Fsp3) is 0.615. The first-order chi connectivity index (χ1) is 9.21. The van der Waals surface area contributed by atoms with E-state index >= 15 is 0 Å². The average molecular weight is 282 g/mol. The lowest BCUT2D eigenvalue weighted by Gasteiger charge is -2.36. The maximum Gasteiger partial charge on any atom is 0.318 e. The van der Waals surface area contributed by atoms with Gasteiger partial charge in [0.25, 0.3) is 0 Å². The van der Waals surface area contributed by atoms with Crippen molar-refractivity contribution < 1.29 is 14.7 Å². The molecule has 0 fully saturated rings. The summed E-state index contributed by atoms with van der Waals surface area (Å²) < 4.78 is 0. The molecule has 2 amide bonds. The number of hydrogen-bond acceptors (Lipinski definition) is 3. The number of carboxylic acids is 1. The number of aliphatic carboxylic acids is 1. The van der Waals surface area contributed by atoms with Gasteiger partial charge in [0.15, 0.2) is 0 Å². The van der Waals surface area contributed by atoms with Crippen LogP contribution >= 0.6 is 0 Å². The number of aromatic amines is 1. The molecule has 0 aliphatic rings. The van der Waals surface area contributed by atoms with Gasteiger partial charge in [-0.2, -0.15) is 0 Å². The number of carboxylic acid groups (broad SMARTS) is 1. The quantitative estimate of drug-likeness (QED) is 0.766. The molecule has 112 valence electrons. The Balaban J connectivity index is 2.70. The molecule has 0 saturated carbocycles. The topological polar surface area (TPSA) is 98.3 Å². The van der Waals surface area contributed by atoms with Gasteiger partial charge in [-0.05, 0) is 27.7 Å². The Kier molecular flexibility index (Phi) is 5.12. The van der Waals surface area contributed by atoms with E-state index < -0.39 is 11.5 Å². The summed E-state index contributed by atoms with van der Waals surface area (Å²) in [4.78, 5) is 31.5. The van der Waals surface area contributed by atoms with E-state index in [1.54, 1.807) is 12.4 Å². The van der Waals surface area contributed by atoms with Crippen molar-refractivity contribution in [2.24, 2.45) is 0 Å². The maximum atomic E-state index is 12.3. The molecule has 0 bridgehead atoms. The molecule has 0 aromatic carbocycles. The number of carbonyl (C=O) groups excluding carboxylic acids is 1. The SMILES string of the molecule is CC(NC(=O)N(CCC(=O)O)C(C)(C)C)c1ncc[nH]1. The van der Waals surface area contributed by atoms with E-state index in [1.807, 2.05) is 27.7 Å². The molecule has 0 radical (unpaired) electrons. The standard InChI is InChI=1S/C13H22N4O3/c1-9(11-14-6-7-15-11)16-12(20)17(13(2,3)4)8-5-10(18)19/h6-7,9H,5,8H2,1-4H3,(H,14,15)(H,16,20)(H,18,19). The predicted octanol–water partition coefficient (Wildman–Crippen LogP) is 1.76. The number of carbonyl (C=O) groups is 2. The maximum absolute atomic E-state index is 12.3. The molecule has 7 nitrogen and oxygen atoms in total. The number of amides is 2. The number of hydrogen-bond donors (Lipinski definition) is 3. The molecule has 1 unspecified atom stereocenters. The zero-order valence-corrected chi connectivity index (χ0v) is 12.3.